The molecule has 0 radical (unpaired) electrons. The number of halogens is 2. The molecule has 2 aromatic carbocycles. The summed E-state index contributed by atoms with van der Waals surface area (Å²) in [5, 5.41) is 0.964. The van der Waals surface area contributed by atoms with E-state index in [0.29, 0.717) is 44.8 Å². The van der Waals surface area contributed by atoms with E-state index in [2.05, 4.69) is 10.6 Å². The lowest BCUT2D eigenvalue weighted by Gasteiger charge is -2.30. The van der Waals surface area contributed by atoms with Crippen LogP contribution in [0.2, 0.25) is 5.02 Å². The molecule has 3 aromatic heterocycles. The maximum atomic E-state index is 13.7. The molecule has 2 aliphatic rings. The molecule has 10 heteroatoms. The number of imidazole rings is 1. The van der Waals surface area contributed by atoms with E-state index in [4.69, 9.17) is 40.2 Å². The van der Waals surface area contributed by atoms with Gasteiger partial charge < -0.3 is 23.2 Å². The van der Waals surface area contributed by atoms with Gasteiger partial charge in [0.2, 0.25) is 5.88 Å². The second-order valence-corrected chi connectivity index (χ2v) is 12.1. The molecule has 0 amide bonds. The Bertz CT molecular complexity index is 1820. The number of benzene rings is 2. The summed E-state index contributed by atoms with van der Waals surface area (Å²) in [4.78, 5) is 22.0. The molecule has 5 aromatic rings. The van der Waals surface area contributed by atoms with Crippen molar-refractivity contribution < 1.29 is 27.8 Å². The SMILES string of the molecule is COC(=O)c1ccc2nc(CC3CCC(c4cccc(OCc5ccc(Cl)c6cc(F)oc56)n4)CC3)n(CC3CCO3)c2c1. The zero-order valence-electron chi connectivity index (χ0n) is 24.4. The first-order chi connectivity index (χ1) is 21.4. The highest BCUT2D eigenvalue weighted by molar-refractivity contribution is 6.35. The second kappa shape index (κ2) is 12.2. The summed E-state index contributed by atoms with van der Waals surface area (Å²) >= 11 is 6.19. The van der Waals surface area contributed by atoms with Crippen LogP contribution in [0.5, 0.6) is 5.88 Å². The predicted octanol–water partition coefficient (Wildman–Crippen LogP) is 7.64. The van der Waals surface area contributed by atoms with E-state index in [1.165, 1.54) is 13.2 Å². The number of carbonyl (C=O) groups is 1. The van der Waals surface area contributed by atoms with Crippen molar-refractivity contribution in [2.75, 3.05) is 13.7 Å². The maximum Gasteiger partial charge on any atom is 0.337 e. The Kier molecular flexibility index (Phi) is 7.99. The largest absolute Gasteiger partial charge is 0.473 e. The van der Waals surface area contributed by atoms with Gasteiger partial charge in [0.25, 0.3) is 6.01 Å². The van der Waals surface area contributed by atoms with E-state index in [1.54, 1.807) is 18.2 Å². The van der Waals surface area contributed by atoms with E-state index in [-0.39, 0.29) is 18.7 Å². The molecule has 1 aliphatic heterocycles. The lowest BCUT2D eigenvalue weighted by atomic mass is 9.79. The number of pyridine rings is 1. The minimum absolute atomic E-state index is 0.176. The minimum atomic E-state index is -0.678. The van der Waals surface area contributed by atoms with Crippen molar-refractivity contribution in [3.8, 4) is 5.88 Å². The average molecular weight is 618 g/mol. The van der Waals surface area contributed by atoms with Crippen LogP contribution in [0.1, 0.15) is 65.5 Å². The monoisotopic (exact) mass is 617 g/mol. The predicted molar refractivity (Wildman–Crippen MR) is 164 cm³/mol. The smallest absolute Gasteiger partial charge is 0.337 e. The molecule has 0 spiro atoms. The van der Waals surface area contributed by atoms with Crippen LogP contribution >= 0.6 is 11.6 Å². The molecule has 228 valence electrons. The fraction of sp³-hybridized carbons (Fsp3) is 0.382. The summed E-state index contributed by atoms with van der Waals surface area (Å²) in [6, 6.07) is 15.6. The van der Waals surface area contributed by atoms with Gasteiger partial charge in [-0.15, -0.1) is 0 Å². The molecular weight excluding hydrogens is 585 g/mol. The first-order valence-corrected chi connectivity index (χ1v) is 15.5. The number of hydrogen-bond acceptors (Lipinski definition) is 7. The molecular formula is C34H33ClFN3O5. The maximum absolute atomic E-state index is 13.7. The summed E-state index contributed by atoms with van der Waals surface area (Å²) in [5.41, 5.74) is 4.48. The first-order valence-electron chi connectivity index (χ1n) is 15.1. The van der Waals surface area contributed by atoms with Gasteiger partial charge in [0.05, 0.1) is 41.4 Å². The number of fused-ring (bicyclic) bond motifs is 2. The Morgan fingerprint density at radius 3 is 2.68 bits per heavy atom. The molecule has 4 heterocycles. The van der Waals surface area contributed by atoms with Gasteiger partial charge in [0.1, 0.15) is 18.0 Å². The molecule has 0 N–H and O–H groups in total. The Hall–Kier alpha value is -3.95. The fourth-order valence-corrected chi connectivity index (χ4v) is 6.65. The van der Waals surface area contributed by atoms with Crippen molar-refractivity contribution in [3.63, 3.8) is 0 Å². The second-order valence-electron chi connectivity index (χ2n) is 11.7. The van der Waals surface area contributed by atoms with Gasteiger partial charge in [-0.05, 0) is 68.4 Å². The average Bonchev–Trinajstić information content (AvgIpc) is 3.58. The number of hydrogen-bond donors (Lipinski definition) is 0. The topological polar surface area (TPSA) is 88.6 Å². The van der Waals surface area contributed by atoms with Crippen molar-refractivity contribution in [1.29, 1.82) is 0 Å². The molecule has 1 unspecified atom stereocenters. The van der Waals surface area contributed by atoms with Crippen LogP contribution in [0.25, 0.3) is 22.0 Å². The van der Waals surface area contributed by atoms with Gasteiger partial charge >= 0.3 is 5.97 Å². The normalized spacial score (nSPS) is 20.1. The molecule has 1 aliphatic carbocycles. The Morgan fingerprint density at radius 2 is 1.91 bits per heavy atom. The van der Waals surface area contributed by atoms with Crippen LogP contribution in [0.15, 0.2) is 59.0 Å². The molecule has 8 nitrogen and oxygen atoms in total. The highest BCUT2D eigenvalue weighted by Crippen LogP contribution is 2.38. The van der Waals surface area contributed by atoms with Gasteiger partial charge in [-0.25, -0.2) is 14.8 Å². The molecule has 0 bridgehead atoms. The van der Waals surface area contributed by atoms with Gasteiger partial charge in [-0.2, -0.15) is 4.39 Å². The molecule has 7 rings (SSSR count). The third-order valence-electron chi connectivity index (χ3n) is 8.97. The van der Waals surface area contributed by atoms with E-state index in [0.717, 1.165) is 74.2 Å². The fourth-order valence-electron chi connectivity index (χ4n) is 6.45. The standard InChI is InChI=1S/C34H33ClFN3O5/c1-41-34(40)22-10-12-28-29(16-22)39(18-24-13-14-42-24)31(37-28)15-20-5-7-21(8-6-20)27-3-2-4-32(38-27)43-19-23-9-11-26(35)25-17-30(36)44-33(23)25/h2-4,9-12,16-17,20-21,24H,5-8,13-15,18-19H2,1H3. The Balaban J connectivity index is 1.01. The van der Waals surface area contributed by atoms with Gasteiger partial charge in [0, 0.05) is 47.7 Å². The van der Waals surface area contributed by atoms with E-state index >= 15 is 0 Å². The van der Waals surface area contributed by atoms with Crippen molar-refractivity contribution in [2.45, 2.75) is 63.7 Å². The van der Waals surface area contributed by atoms with Crippen molar-refractivity contribution in [1.82, 2.24) is 14.5 Å². The van der Waals surface area contributed by atoms with E-state index in [1.807, 2.05) is 24.3 Å². The summed E-state index contributed by atoms with van der Waals surface area (Å²) in [5.74, 6) is 2.07. The van der Waals surface area contributed by atoms with Gasteiger partial charge in [0.15, 0.2) is 0 Å². The number of rotatable bonds is 9. The van der Waals surface area contributed by atoms with E-state index in [9.17, 15) is 9.18 Å². The zero-order chi connectivity index (χ0) is 30.2. The summed E-state index contributed by atoms with van der Waals surface area (Å²) < 4.78 is 37.9. The minimum Gasteiger partial charge on any atom is -0.473 e. The number of ether oxygens (including phenoxy) is 3. The zero-order valence-corrected chi connectivity index (χ0v) is 25.2. The van der Waals surface area contributed by atoms with Crippen LogP contribution in [0.4, 0.5) is 4.39 Å². The summed E-state index contributed by atoms with van der Waals surface area (Å²) in [6.45, 7) is 1.72. The number of aromatic nitrogens is 3. The van der Waals surface area contributed by atoms with Crippen LogP contribution < -0.4 is 4.74 Å². The molecule has 1 saturated carbocycles. The van der Waals surface area contributed by atoms with Crippen molar-refractivity contribution in [3.05, 3.63) is 88.3 Å². The lowest BCUT2D eigenvalue weighted by Crippen LogP contribution is -2.32. The summed E-state index contributed by atoms with van der Waals surface area (Å²) in [7, 11) is 1.40. The number of esters is 1. The quantitative estimate of drug-likeness (QED) is 0.157. The van der Waals surface area contributed by atoms with Crippen molar-refractivity contribution in [2.24, 2.45) is 5.92 Å². The molecule has 2 fully saturated rings. The lowest BCUT2D eigenvalue weighted by molar-refractivity contribution is -0.0590. The van der Waals surface area contributed by atoms with Crippen LogP contribution in [-0.4, -0.2) is 40.3 Å². The van der Waals surface area contributed by atoms with Crippen LogP contribution in [-0.2, 0) is 29.0 Å². The number of furan rings is 1. The third kappa shape index (κ3) is 5.78. The number of nitrogens with zero attached hydrogens (tertiary/aromatic N) is 3. The molecule has 1 atom stereocenters. The van der Waals surface area contributed by atoms with Gasteiger partial charge in [-0.3, -0.25) is 0 Å². The highest BCUT2D eigenvalue weighted by atomic mass is 35.5. The van der Waals surface area contributed by atoms with E-state index < -0.39 is 6.01 Å². The first kappa shape index (κ1) is 28.8. The molecule has 44 heavy (non-hydrogen) atoms. The Labute approximate surface area is 259 Å². The Morgan fingerprint density at radius 1 is 1.07 bits per heavy atom. The number of carbonyl (C=O) groups excluding carboxylic acids is 1. The van der Waals surface area contributed by atoms with Crippen molar-refractivity contribution >= 4 is 39.6 Å². The molecule has 1 saturated heterocycles. The van der Waals surface area contributed by atoms with Crippen LogP contribution in [0, 0.1) is 11.9 Å². The van der Waals surface area contributed by atoms with Crippen LogP contribution in [0.3, 0.4) is 0 Å². The number of methoxy groups -OCH3 is 1. The summed E-state index contributed by atoms with van der Waals surface area (Å²) in [6.07, 6.45) is 6.28. The van der Waals surface area contributed by atoms with Gasteiger partial charge in [-0.1, -0.05) is 23.7 Å². The highest BCUT2D eigenvalue weighted by Gasteiger charge is 2.27. The third-order valence-corrected chi connectivity index (χ3v) is 9.30.